The number of nitrogens with zero attached hydrogens (tertiary/aromatic N) is 3. The van der Waals surface area contributed by atoms with Crippen molar-refractivity contribution >= 4 is 17.0 Å². The first-order valence-electron chi connectivity index (χ1n) is 15.6. The van der Waals surface area contributed by atoms with Crippen molar-refractivity contribution in [3.05, 3.63) is 30.0 Å². The predicted molar refractivity (Wildman–Crippen MR) is 163 cm³/mol. The summed E-state index contributed by atoms with van der Waals surface area (Å²) in [4.78, 5) is 22.3. The maximum absolute atomic E-state index is 12.9. The molecule has 2 aliphatic rings. The summed E-state index contributed by atoms with van der Waals surface area (Å²) in [6.07, 6.45) is 8.13. The van der Waals surface area contributed by atoms with Crippen LogP contribution in [0.1, 0.15) is 85.3 Å². The molecule has 2 fully saturated rings. The average Bonchev–Trinajstić information content (AvgIpc) is 2.94. The summed E-state index contributed by atoms with van der Waals surface area (Å²) in [5.74, 6) is 2.22. The highest BCUT2D eigenvalue weighted by atomic mass is 16.6. The fourth-order valence-corrected chi connectivity index (χ4v) is 5.99. The van der Waals surface area contributed by atoms with Gasteiger partial charge in [0.2, 0.25) is 0 Å². The van der Waals surface area contributed by atoms with Crippen molar-refractivity contribution in [3.8, 4) is 11.5 Å². The van der Waals surface area contributed by atoms with E-state index in [1.54, 1.807) is 7.11 Å². The Labute approximate surface area is 246 Å². The van der Waals surface area contributed by atoms with E-state index in [0.29, 0.717) is 32.2 Å². The third-order valence-electron chi connectivity index (χ3n) is 8.09. The maximum atomic E-state index is 12.9. The Morgan fingerprint density at radius 2 is 1.83 bits per heavy atom. The van der Waals surface area contributed by atoms with Crippen LogP contribution in [-0.4, -0.2) is 78.6 Å². The second-order valence-electron chi connectivity index (χ2n) is 12.9. The average molecular weight is 570 g/mol. The number of rotatable bonds is 11. The number of carbonyl (C=O) groups excluding carboxylic acids is 1. The van der Waals surface area contributed by atoms with Gasteiger partial charge in [-0.15, -0.1) is 0 Å². The fraction of sp³-hybridized carbons (Fsp3) is 0.697. The molecule has 8 nitrogen and oxygen atoms in total. The molecule has 2 heterocycles. The van der Waals surface area contributed by atoms with E-state index in [1.807, 2.05) is 37.8 Å². The normalized spacial score (nSPS) is 18.7. The zero-order chi connectivity index (χ0) is 29.4. The minimum absolute atomic E-state index is 0.212. The van der Waals surface area contributed by atoms with Gasteiger partial charge in [0.15, 0.2) is 0 Å². The van der Waals surface area contributed by atoms with Gasteiger partial charge in [0.25, 0.3) is 0 Å². The molecule has 1 saturated heterocycles. The van der Waals surface area contributed by atoms with Gasteiger partial charge in [0, 0.05) is 50.3 Å². The number of aromatic nitrogens is 1. The zero-order valence-corrected chi connectivity index (χ0v) is 26.1. The summed E-state index contributed by atoms with van der Waals surface area (Å²) in [7, 11) is 1.68. The number of hydrogen-bond donors (Lipinski definition) is 0. The highest BCUT2D eigenvalue weighted by molar-refractivity contribution is 5.90. The molecule has 1 aromatic heterocycles. The molecule has 4 rings (SSSR count). The molecule has 0 spiro atoms. The predicted octanol–water partition coefficient (Wildman–Crippen LogP) is 6.83. The van der Waals surface area contributed by atoms with E-state index >= 15 is 0 Å². The molecule has 1 aliphatic heterocycles. The van der Waals surface area contributed by atoms with E-state index in [4.69, 9.17) is 23.9 Å². The van der Waals surface area contributed by atoms with E-state index in [1.165, 1.54) is 32.1 Å². The van der Waals surface area contributed by atoms with E-state index in [9.17, 15) is 4.79 Å². The molecule has 0 N–H and O–H groups in total. The van der Waals surface area contributed by atoms with Crippen molar-refractivity contribution in [2.75, 3.05) is 40.0 Å². The van der Waals surface area contributed by atoms with Gasteiger partial charge in [-0.05, 0) is 78.4 Å². The van der Waals surface area contributed by atoms with Crippen LogP contribution in [0.15, 0.2) is 24.3 Å². The topological polar surface area (TPSA) is 73.4 Å². The number of pyridine rings is 1. The second-order valence-corrected chi connectivity index (χ2v) is 12.9. The first-order valence-corrected chi connectivity index (χ1v) is 15.6. The number of carbonyl (C=O) groups is 1. The summed E-state index contributed by atoms with van der Waals surface area (Å²) in [5.41, 5.74) is 1.27. The van der Waals surface area contributed by atoms with Crippen LogP contribution in [0.4, 0.5) is 4.79 Å². The smallest absolute Gasteiger partial charge is 0.410 e. The third kappa shape index (κ3) is 8.95. The number of para-hydroxylation sites is 1. The minimum Gasteiger partial charge on any atom is -0.491 e. The van der Waals surface area contributed by atoms with Crippen molar-refractivity contribution in [2.24, 2.45) is 5.92 Å². The van der Waals surface area contributed by atoms with Gasteiger partial charge in [0.05, 0.1) is 18.9 Å². The number of methoxy groups -OCH3 is 1. The molecule has 1 saturated carbocycles. The first kappa shape index (κ1) is 31.4. The summed E-state index contributed by atoms with van der Waals surface area (Å²) in [6.45, 7) is 13.9. The van der Waals surface area contributed by atoms with Crippen molar-refractivity contribution in [1.29, 1.82) is 0 Å². The quantitative estimate of drug-likeness (QED) is 0.275. The Bertz CT molecular complexity index is 1130. The Kier molecular flexibility index (Phi) is 11.1. The SMILES string of the molecule is COCCOc1cc(CN(C(C)C)C2CCCN(C(=O)OC(C)(C)C)C2)nc2c(OCC3CCCCC3)cccc12. The lowest BCUT2D eigenvalue weighted by atomic mass is 9.90. The molecule has 1 atom stereocenters. The van der Waals surface area contributed by atoms with Crippen LogP contribution >= 0.6 is 0 Å². The van der Waals surface area contributed by atoms with Crippen LogP contribution < -0.4 is 9.47 Å². The molecule has 1 aromatic carbocycles. The molecule has 1 aliphatic carbocycles. The van der Waals surface area contributed by atoms with Gasteiger partial charge >= 0.3 is 6.09 Å². The van der Waals surface area contributed by atoms with Crippen molar-refractivity contribution in [3.63, 3.8) is 0 Å². The number of hydrogen-bond acceptors (Lipinski definition) is 7. The highest BCUT2D eigenvalue weighted by Gasteiger charge is 2.32. The van der Waals surface area contributed by atoms with Crippen molar-refractivity contribution < 1.29 is 23.7 Å². The zero-order valence-electron chi connectivity index (χ0n) is 26.1. The van der Waals surface area contributed by atoms with Gasteiger partial charge < -0.3 is 23.8 Å². The molecule has 1 amide bonds. The number of piperidine rings is 1. The Hall–Kier alpha value is -2.58. The Morgan fingerprint density at radius 3 is 2.54 bits per heavy atom. The first-order chi connectivity index (χ1) is 19.6. The molecule has 0 radical (unpaired) electrons. The van der Waals surface area contributed by atoms with E-state index in [2.05, 4.69) is 30.9 Å². The molecule has 0 bridgehead atoms. The number of likely N-dealkylation sites (tertiary alicyclic amines) is 1. The van der Waals surface area contributed by atoms with Crippen LogP contribution in [0.3, 0.4) is 0 Å². The van der Waals surface area contributed by atoms with Crippen LogP contribution in [0.2, 0.25) is 0 Å². The van der Waals surface area contributed by atoms with Crippen molar-refractivity contribution in [2.45, 2.75) is 104 Å². The summed E-state index contributed by atoms with van der Waals surface area (Å²) >= 11 is 0. The van der Waals surface area contributed by atoms with Gasteiger partial charge in [-0.25, -0.2) is 9.78 Å². The molecule has 2 aromatic rings. The molecule has 228 valence electrons. The Balaban J connectivity index is 1.58. The maximum Gasteiger partial charge on any atom is 0.410 e. The summed E-state index contributed by atoms with van der Waals surface area (Å²) in [5, 5.41) is 0.955. The summed E-state index contributed by atoms with van der Waals surface area (Å²) in [6, 6.07) is 8.66. The number of fused-ring (bicyclic) bond motifs is 1. The lowest BCUT2D eigenvalue weighted by Crippen LogP contribution is -2.52. The number of ether oxygens (including phenoxy) is 4. The molecule has 8 heteroatoms. The lowest BCUT2D eigenvalue weighted by Gasteiger charge is -2.41. The largest absolute Gasteiger partial charge is 0.491 e. The van der Waals surface area contributed by atoms with E-state index < -0.39 is 5.60 Å². The molecule has 1 unspecified atom stereocenters. The highest BCUT2D eigenvalue weighted by Crippen LogP contribution is 2.34. The van der Waals surface area contributed by atoms with E-state index in [0.717, 1.165) is 54.1 Å². The minimum atomic E-state index is -0.507. The van der Waals surface area contributed by atoms with Crippen LogP contribution in [0, 0.1) is 5.92 Å². The van der Waals surface area contributed by atoms with Gasteiger partial charge in [0.1, 0.15) is 29.2 Å². The second kappa shape index (κ2) is 14.5. The lowest BCUT2D eigenvalue weighted by molar-refractivity contribution is 0.00606. The molecular formula is C33H51N3O5. The van der Waals surface area contributed by atoms with Crippen LogP contribution in [-0.2, 0) is 16.0 Å². The third-order valence-corrected chi connectivity index (χ3v) is 8.09. The number of amides is 1. The Morgan fingerprint density at radius 1 is 1.05 bits per heavy atom. The monoisotopic (exact) mass is 569 g/mol. The van der Waals surface area contributed by atoms with Gasteiger partial charge in [-0.1, -0.05) is 25.3 Å². The van der Waals surface area contributed by atoms with Crippen molar-refractivity contribution in [1.82, 2.24) is 14.8 Å². The number of benzene rings is 1. The standard InChI is InChI=1S/C33H51N3O5/c1-24(2)36(27-14-11-17-35(22-27)32(37)41-33(3,4)5)21-26-20-30(39-19-18-38-6)28-15-10-16-29(31(28)34-26)40-23-25-12-8-7-9-13-25/h10,15-16,20,24-25,27H,7-9,11-14,17-19,21-23H2,1-6H3. The fourth-order valence-electron chi connectivity index (χ4n) is 5.99. The van der Waals surface area contributed by atoms with E-state index in [-0.39, 0.29) is 18.2 Å². The van der Waals surface area contributed by atoms with Gasteiger partial charge in [-0.2, -0.15) is 0 Å². The molecular weight excluding hydrogens is 518 g/mol. The van der Waals surface area contributed by atoms with Gasteiger partial charge in [-0.3, -0.25) is 4.90 Å². The summed E-state index contributed by atoms with van der Waals surface area (Å²) < 4.78 is 23.6. The van der Waals surface area contributed by atoms with Crippen LogP contribution in [0.5, 0.6) is 11.5 Å². The van der Waals surface area contributed by atoms with Crippen LogP contribution in [0.25, 0.3) is 10.9 Å². The molecule has 41 heavy (non-hydrogen) atoms.